The van der Waals surface area contributed by atoms with Crippen LogP contribution in [0, 0.1) is 16.7 Å². The molecular formula is C71H94N22O13S2. The number of aromatic nitrogens is 3. The van der Waals surface area contributed by atoms with Gasteiger partial charge >= 0.3 is 0 Å². The fourth-order valence-corrected chi connectivity index (χ4v) is 13.7. The van der Waals surface area contributed by atoms with E-state index in [0.717, 1.165) is 21.6 Å². The van der Waals surface area contributed by atoms with Crippen LogP contribution < -0.4 is 92.1 Å². The van der Waals surface area contributed by atoms with Crippen LogP contribution in [0.2, 0.25) is 0 Å². The first kappa shape index (κ1) is 83.5. The van der Waals surface area contributed by atoms with E-state index in [4.69, 9.17) is 33.8 Å². The van der Waals surface area contributed by atoms with Crippen LogP contribution in [-0.4, -0.2) is 201 Å². The Morgan fingerprint density at radius 1 is 0.593 bits per heavy atom. The Hall–Kier alpha value is -11.7. The molecule has 4 aromatic carbocycles. The maximum absolute atomic E-state index is 15.5. The molecule has 35 nitrogen and oxygen atoms in total. The molecule has 3 heterocycles. The van der Waals surface area contributed by atoms with Crippen LogP contribution in [0.3, 0.4) is 0 Å². The summed E-state index contributed by atoms with van der Waals surface area (Å²) in [5.74, 6) is -13.0. The predicted molar refractivity (Wildman–Crippen MR) is 405 cm³/mol. The molecule has 10 atom stereocenters. The van der Waals surface area contributed by atoms with Gasteiger partial charge in [-0.25, -0.2) is 4.98 Å². The van der Waals surface area contributed by atoms with Crippen molar-refractivity contribution < 1.29 is 62.6 Å². The smallest absolute Gasteiger partial charge is 0.244 e. The summed E-state index contributed by atoms with van der Waals surface area (Å²) < 4.78 is 0. The lowest BCUT2D eigenvalue weighted by atomic mass is 10.0. The average Bonchev–Trinajstić information content (AvgIpc) is 1.59. The highest BCUT2D eigenvalue weighted by atomic mass is 33.1. The number of para-hydroxylation sites is 1. The molecule has 0 spiro atoms. The molecule has 108 heavy (non-hydrogen) atoms. The van der Waals surface area contributed by atoms with E-state index >= 15 is 19.2 Å². The second-order valence-corrected chi connectivity index (χ2v) is 28.5. The number of phenols is 1. The zero-order chi connectivity index (χ0) is 78.2. The number of carbonyl (C=O) groups is 12. The number of hydrogen-bond acceptors (Lipinski definition) is 19. The molecule has 2 aromatic heterocycles. The van der Waals surface area contributed by atoms with Crippen molar-refractivity contribution in [3.63, 3.8) is 0 Å². The number of rotatable bonds is 30. The second-order valence-electron chi connectivity index (χ2n) is 25.9. The Morgan fingerprint density at radius 2 is 1.19 bits per heavy atom. The molecule has 1 fully saturated rings. The van der Waals surface area contributed by atoms with Gasteiger partial charge in [0, 0.05) is 73.6 Å². The van der Waals surface area contributed by atoms with E-state index < -0.39 is 162 Å². The molecule has 0 aliphatic carbocycles. The monoisotopic (exact) mass is 1530 g/mol. The number of H-pyrrole nitrogens is 2. The summed E-state index contributed by atoms with van der Waals surface area (Å²) in [6, 6.07) is 15.4. The van der Waals surface area contributed by atoms with Crippen molar-refractivity contribution in [2.75, 3.05) is 37.7 Å². The van der Waals surface area contributed by atoms with Crippen molar-refractivity contribution in [2.24, 2.45) is 28.9 Å². The van der Waals surface area contributed by atoms with E-state index in [1.807, 2.05) is 0 Å². The fraction of sp³-hybridized carbons (Fsp3) is 0.394. The molecule has 578 valence electrons. The Balaban J connectivity index is 1.30. The van der Waals surface area contributed by atoms with E-state index in [1.54, 1.807) is 117 Å². The van der Waals surface area contributed by atoms with E-state index in [1.165, 1.54) is 24.7 Å². The van der Waals surface area contributed by atoms with Gasteiger partial charge in [-0.15, -0.1) is 0 Å². The zero-order valence-corrected chi connectivity index (χ0v) is 61.1. The van der Waals surface area contributed by atoms with E-state index in [0.29, 0.717) is 38.9 Å². The van der Waals surface area contributed by atoms with Gasteiger partial charge in [-0.3, -0.25) is 68.4 Å². The molecule has 7 rings (SSSR count). The second kappa shape index (κ2) is 42.4. The molecule has 0 radical (unpaired) electrons. The van der Waals surface area contributed by atoms with Gasteiger partial charge in [0.1, 0.15) is 60.1 Å². The fourth-order valence-electron chi connectivity index (χ4n) is 11.4. The summed E-state index contributed by atoms with van der Waals surface area (Å²) >= 11 is 0. The van der Waals surface area contributed by atoms with E-state index in [9.17, 15) is 43.5 Å². The lowest BCUT2D eigenvalue weighted by molar-refractivity contribution is -0.135. The lowest BCUT2D eigenvalue weighted by Crippen LogP contribution is -2.61. The zero-order valence-electron chi connectivity index (χ0n) is 59.5. The van der Waals surface area contributed by atoms with Crippen molar-refractivity contribution in [3.8, 4) is 5.75 Å². The molecule has 1 aliphatic rings. The number of amides is 12. The minimum absolute atomic E-state index is 0.00878. The molecule has 37 heteroatoms. The van der Waals surface area contributed by atoms with Gasteiger partial charge in [0.05, 0.1) is 31.2 Å². The van der Waals surface area contributed by atoms with Gasteiger partial charge in [-0.2, -0.15) is 0 Å². The standard InChI is InChI=1S/C71H94N22O13S2/c1-39(2)59(93-60(97)47(72)27-42-21-23-45(94)24-22-42)69(106)92-55-36-107-108-37-56(68(105)87-50(20-12-26-80-71(76)77)63(100)88-51(61(98)82-34-57(73)95)28-40-13-5-3-6-14-40)91-66(103)53(30-43-32-81-48-18-10-9-17-46(43)48)90-64(101)49(19-11-25-79-70(74)75)86-65(102)52(29-41-15-7-4-8-16-41)89-67(104)54(31-44-33-78-38-84-44)85-58(96)35-83-62(55)99/h3-10,13-18,21-24,32-33,38-39,47,49-56,59,81,94H,11-12,19-20,25-31,34-37,72H2,1-2H3,(H2,73,95)(H,78,84)(H,82,98)(H,83,99)(H,85,96)(H,86,102)(H,87,105)(H,88,100)(H,89,104)(H,90,101)(H,91,103)(H,92,106)(H,93,97)(H4,74,75,79)(H4,76,77,80)/t47-,49-,50-,51-,52-,53-,54-,55+,56-,59-/m0/s1. The summed E-state index contributed by atoms with van der Waals surface area (Å²) in [5, 5.41) is 60.7. The van der Waals surface area contributed by atoms with Gasteiger partial charge in [0.2, 0.25) is 70.9 Å². The number of phenolic OH excluding ortho intramolecular Hbond substituents is 1. The van der Waals surface area contributed by atoms with E-state index in [2.05, 4.69) is 84.1 Å². The summed E-state index contributed by atoms with van der Waals surface area (Å²) in [5.41, 5.74) is 26.1. The third-order valence-electron chi connectivity index (χ3n) is 17.1. The number of carbonyl (C=O) groups excluding carboxylic acids is 12. The van der Waals surface area contributed by atoms with Gasteiger partial charge < -0.3 is 107 Å². The Labute approximate surface area is 630 Å². The summed E-state index contributed by atoms with van der Waals surface area (Å²) in [6.07, 6.45) is 3.43. The number of aromatic amines is 2. The van der Waals surface area contributed by atoms with Crippen molar-refractivity contribution in [1.29, 1.82) is 10.8 Å². The molecule has 0 bridgehead atoms. The summed E-state index contributed by atoms with van der Waals surface area (Å²) in [6.45, 7) is 1.91. The lowest BCUT2D eigenvalue weighted by Gasteiger charge is -2.28. The number of nitrogens with two attached hydrogens (primary N) is 4. The summed E-state index contributed by atoms with van der Waals surface area (Å²) in [4.78, 5) is 184. The third kappa shape index (κ3) is 27.6. The van der Waals surface area contributed by atoms with Crippen molar-refractivity contribution in [3.05, 3.63) is 156 Å². The van der Waals surface area contributed by atoms with Crippen molar-refractivity contribution in [1.82, 2.24) is 84.1 Å². The predicted octanol–water partition coefficient (Wildman–Crippen LogP) is -2.90. The highest BCUT2D eigenvalue weighted by molar-refractivity contribution is 8.76. The van der Waals surface area contributed by atoms with Crippen LogP contribution in [0.5, 0.6) is 5.75 Å². The molecule has 1 aliphatic heterocycles. The topological polar surface area (TPSA) is 578 Å². The molecule has 0 saturated carbocycles. The van der Waals surface area contributed by atoms with Gasteiger partial charge in [0.25, 0.3) is 0 Å². The highest BCUT2D eigenvalue weighted by Crippen LogP contribution is 2.25. The first-order valence-corrected chi connectivity index (χ1v) is 37.3. The Bertz CT molecular complexity index is 4080. The minimum atomic E-state index is -1.69. The molecule has 12 amide bonds. The van der Waals surface area contributed by atoms with E-state index in [-0.39, 0.29) is 88.3 Å². The van der Waals surface area contributed by atoms with Gasteiger partial charge in [-0.05, 0) is 78.5 Å². The summed E-state index contributed by atoms with van der Waals surface area (Å²) in [7, 11) is 1.79. The highest BCUT2D eigenvalue weighted by Gasteiger charge is 2.37. The molecule has 26 N–H and O–H groups in total. The quantitative estimate of drug-likeness (QED) is 0.00931. The maximum atomic E-state index is 15.5. The number of primary amides is 1. The number of imidazole rings is 1. The van der Waals surface area contributed by atoms with Gasteiger partial charge in [0.15, 0.2) is 11.9 Å². The van der Waals surface area contributed by atoms with Crippen molar-refractivity contribution in [2.45, 2.75) is 132 Å². The number of guanidine groups is 2. The van der Waals surface area contributed by atoms with Crippen LogP contribution >= 0.6 is 21.6 Å². The van der Waals surface area contributed by atoms with Crippen LogP contribution in [0.1, 0.15) is 67.5 Å². The molecule has 6 aromatic rings. The Kier molecular flexibility index (Phi) is 32.8. The number of benzene rings is 4. The average molecular weight is 1530 g/mol. The normalized spacial score (nSPS) is 19.0. The van der Waals surface area contributed by atoms with Crippen LogP contribution in [0.4, 0.5) is 0 Å². The van der Waals surface area contributed by atoms with Crippen LogP contribution in [0.15, 0.2) is 128 Å². The SMILES string of the molecule is CC(C)[C@H](NC(=O)[C@@H](N)Cc1ccc(O)cc1)C(=O)N[C@@H]1CSSC[C@@H](C(=O)N[C@@H](CCCNC(=N)N)C(=O)N[C@@H](Cc2ccccc2)C(=O)NCC(N)=O)NC(=O)[C@H](Cc2c[nH]c3ccccc23)NC(=O)[C@H](CCCNC(=N)N)NC(=O)[C@H](Cc2ccccc2)NC(=O)[C@H](Cc2c[nH]cn2)NC(=O)CNC1=O. The number of nitrogens with one attached hydrogen (secondary N) is 17. The largest absolute Gasteiger partial charge is 0.508 e. The number of hydrogen-bond donors (Lipinski definition) is 22. The maximum Gasteiger partial charge on any atom is 0.244 e. The molecule has 0 unspecified atom stereocenters. The van der Waals surface area contributed by atoms with Crippen molar-refractivity contribution >= 4 is 115 Å². The van der Waals surface area contributed by atoms with Crippen LogP contribution in [0.25, 0.3) is 10.9 Å². The first-order valence-electron chi connectivity index (χ1n) is 34.8. The Morgan fingerprint density at radius 3 is 1.83 bits per heavy atom. The molecule has 1 saturated heterocycles. The number of fused-ring (bicyclic) bond motifs is 1. The van der Waals surface area contributed by atoms with Gasteiger partial charge in [-0.1, -0.05) is 126 Å². The molecular weight excluding hydrogens is 1430 g/mol. The first-order chi connectivity index (χ1) is 51.7. The minimum Gasteiger partial charge on any atom is -0.508 e. The number of aromatic hydroxyl groups is 1. The number of nitrogens with zero attached hydrogens (tertiary/aromatic N) is 1. The van der Waals surface area contributed by atoms with Crippen LogP contribution in [-0.2, 0) is 89.6 Å². The third-order valence-corrected chi connectivity index (χ3v) is 19.5.